The Hall–Kier alpha value is 1.23. The zero-order chi connectivity index (χ0) is 4.99. The van der Waals surface area contributed by atoms with E-state index in [0.29, 0.717) is 6.04 Å². The molecule has 5 heteroatoms. The Kier molecular flexibility index (Phi) is 22.3. The predicted molar refractivity (Wildman–Crippen MR) is 28.3 cm³/mol. The van der Waals surface area contributed by atoms with Gasteiger partial charge in [0.2, 0.25) is 0 Å². The standard InChI is InChI=1S/C3H10N2S.2BrH/c4-1-3(5)2-6;;/h3,6H,1-2,4-5H2;2*1H. The van der Waals surface area contributed by atoms with E-state index in [1.807, 2.05) is 0 Å². The first-order valence-corrected chi connectivity index (χ1v) is 2.67. The van der Waals surface area contributed by atoms with Gasteiger partial charge in [-0.05, 0) is 0 Å². The van der Waals surface area contributed by atoms with Crippen molar-refractivity contribution in [2.75, 3.05) is 12.3 Å². The third-order valence-corrected chi connectivity index (χ3v) is 1.18. The number of quaternary nitrogens is 2. The van der Waals surface area contributed by atoms with Gasteiger partial charge < -0.3 is 45.4 Å². The third kappa shape index (κ3) is 10.3. The molecule has 0 spiro atoms. The molecule has 0 rings (SSSR count). The molecule has 0 aliphatic carbocycles. The van der Waals surface area contributed by atoms with Crippen LogP contribution in [-0.2, 0) is 0 Å². The molecular formula is C3H12Br2N2S. The summed E-state index contributed by atoms with van der Waals surface area (Å²) >= 11 is 3.99. The maximum atomic E-state index is 3.99. The molecule has 0 saturated carbocycles. The van der Waals surface area contributed by atoms with Gasteiger partial charge in [0.1, 0.15) is 12.6 Å². The van der Waals surface area contributed by atoms with Gasteiger partial charge in [0.25, 0.3) is 0 Å². The zero-order valence-electron chi connectivity index (χ0n) is 4.61. The minimum absolute atomic E-state index is 0. The van der Waals surface area contributed by atoms with Crippen LogP contribution >= 0.6 is 12.6 Å². The lowest BCUT2D eigenvalue weighted by molar-refractivity contribution is -0.487. The lowest BCUT2D eigenvalue weighted by Crippen LogP contribution is -3.00. The molecule has 6 N–H and O–H groups in total. The molecule has 0 aromatic rings. The van der Waals surface area contributed by atoms with E-state index in [1.54, 1.807) is 0 Å². The molecule has 0 aromatic heterocycles. The summed E-state index contributed by atoms with van der Waals surface area (Å²) in [5, 5.41) is 0. The molecule has 1 atom stereocenters. The van der Waals surface area contributed by atoms with E-state index >= 15 is 0 Å². The quantitative estimate of drug-likeness (QED) is 0.417. The van der Waals surface area contributed by atoms with Crippen molar-refractivity contribution >= 4 is 12.6 Å². The van der Waals surface area contributed by atoms with Gasteiger partial charge in [-0.25, -0.2) is 0 Å². The summed E-state index contributed by atoms with van der Waals surface area (Å²) in [4.78, 5) is 0. The molecule has 0 amide bonds. The van der Waals surface area contributed by atoms with Crippen LogP contribution in [-0.4, -0.2) is 18.3 Å². The highest BCUT2D eigenvalue weighted by Gasteiger charge is 1.97. The van der Waals surface area contributed by atoms with Crippen LogP contribution in [0.5, 0.6) is 0 Å². The van der Waals surface area contributed by atoms with Crippen LogP contribution in [0.2, 0.25) is 0 Å². The van der Waals surface area contributed by atoms with Gasteiger partial charge in [-0.15, -0.1) is 0 Å². The summed E-state index contributed by atoms with van der Waals surface area (Å²) in [6.45, 7) is 0.892. The van der Waals surface area contributed by atoms with Gasteiger partial charge in [-0.2, -0.15) is 12.6 Å². The normalized spacial score (nSPS) is 10.9. The average Bonchev–Trinajstić information content (AvgIpc) is 1.65. The Morgan fingerprint density at radius 3 is 1.75 bits per heavy atom. The zero-order valence-corrected chi connectivity index (χ0v) is 8.68. The van der Waals surface area contributed by atoms with Crippen molar-refractivity contribution in [3.63, 3.8) is 0 Å². The van der Waals surface area contributed by atoms with Crippen LogP contribution in [0, 0.1) is 0 Å². The number of halogens is 2. The molecule has 0 radical (unpaired) electrons. The van der Waals surface area contributed by atoms with Gasteiger partial charge in [0.05, 0.1) is 0 Å². The lowest BCUT2D eigenvalue weighted by atomic mass is 10.4. The molecule has 0 aliphatic heterocycles. The van der Waals surface area contributed by atoms with Crippen LogP contribution in [0.3, 0.4) is 0 Å². The van der Waals surface area contributed by atoms with Gasteiger partial charge in [0.15, 0.2) is 0 Å². The minimum atomic E-state index is 0. The smallest absolute Gasteiger partial charge is 0.143 e. The molecule has 54 valence electrons. The Morgan fingerprint density at radius 2 is 1.75 bits per heavy atom. The molecule has 0 bridgehead atoms. The summed E-state index contributed by atoms with van der Waals surface area (Å²) in [5.74, 6) is 0.851. The molecular weight excluding hydrogens is 256 g/mol. The summed E-state index contributed by atoms with van der Waals surface area (Å²) in [5.41, 5.74) is 7.38. The fourth-order valence-corrected chi connectivity index (χ4v) is 0.274. The molecule has 0 heterocycles. The van der Waals surface area contributed by atoms with Crippen molar-refractivity contribution in [2.24, 2.45) is 0 Å². The van der Waals surface area contributed by atoms with Gasteiger partial charge in [0, 0.05) is 5.75 Å². The van der Waals surface area contributed by atoms with Crippen LogP contribution in [0.1, 0.15) is 0 Å². The summed E-state index contributed by atoms with van der Waals surface area (Å²) < 4.78 is 0. The van der Waals surface area contributed by atoms with Crippen LogP contribution < -0.4 is 45.4 Å². The number of thiol groups is 1. The van der Waals surface area contributed by atoms with Gasteiger partial charge in [-0.3, -0.25) is 0 Å². The van der Waals surface area contributed by atoms with E-state index in [9.17, 15) is 0 Å². The first kappa shape index (κ1) is 16.1. The van der Waals surface area contributed by atoms with Crippen LogP contribution in [0.4, 0.5) is 0 Å². The number of hydrogen-bond donors (Lipinski definition) is 3. The monoisotopic (exact) mass is 266 g/mol. The fourth-order valence-electron chi connectivity index (χ4n) is 0.0913. The fraction of sp³-hybridized carbons (Fsp3) is 1.00. The molecule has 0 aromatic carbocycles. The second-order valence-corrected chi connectivity index (χ2v) is 1.70. The predicted octanol–water partition coefficient (Wildman–Crippen LogP) is -8.22. The topological polar surface area (TPSA) is 55.3 Å². The van der Waals surface area contributed by atoms with Gasteiger partial charge >= 0.3 is 0 Å². The van der Waals surface area contributed by atoms with Crippen molar-refractivity contribution in [3.05, 3.63) is 0 Å². The largest absolute Gasteiger partial charge is 1.00 e. The maximum Gasteiger partial charge on any atom is 0.143 e. The number of hydrogen-bond acceptors (Lipinski definition) is 1. The Labute approximate surface area is 76.3 Å². The van der Waals surface area contributed by atoms with Crippen molar-refractivity contribution < 1.29 is 45.4 Å². The van der Waals surface area contributed by atoms with Crippen molar-refractivity contribution in [3.8, 4) is 0 Å². The molecule has 0 fully saturated rings. The maximum absolute atomic E-state index is 3.99. The molecule has 2 nitrogen and oxygen atoms in total. The second-order valence-electron chi connectivity index (χ2n) is 1.34. The SMILES string of the molecule is [Br-].[Br-].[NH3+]CC([NH3+])CS. The summed E-state index contributed by atoms with van der Waals surface area (Å²) in [6, 6.07) is 0.438. The highest BCUT2D eigenvalue weighted by molar-refractivity contribution is 7.80. The lowest BCUT2D eigenvalue weighted by Gasteiger charge is -1.92. The molecule has 0 aliphatic rings. The van der Waals surface area contributed by atoms with E-state index in [1.165, 1.54) is 0 Å². The number of rotatable bonds is 2. The van der Waals surface area contributed by atoms with E-state index in [0.717, 1.165) is 12.3 Å². The Balaban J connectivity index is -0.000000125. The van der Waals surface area contributed by atoms with Gasteiger partial charge in [-0.1, -0.05) is 0 Å². The third-order valence-electron chi connectivity index (χ3n) is 0.666. The van der Waals surface area contributed by atoms with Crippen LogP contribution in [0.25, 0.3) is 0 Å². The van der Waals surface area contributed by atoms with E-state index in [-0.39, 0.29) is 34.0 Å². The molecule has 8 heavy (non-hydrogen) atoms. The van der Waals surface area contributed by atoms with Crippen molar-refractivity contribution in [1.29, 1.82) is 0 Å². The van der Waals surface area contributed by atoms with E-state index < -0.39 is 0 Å². The van der Waals surface area contributed by atoms with E-state index in [4.69, 9.17) is 0 Å². The van der Waals surface area contributed by atoms with Crippen LogP contribution in [0.15, 0.2) is 0 Å². The Morgan fingerprint density at radius 1 is 1.38 bits per heavy atom. The molecule has 0 saturated heterocycles. The minimum Gasteiger partial charge on any atom is -1.00 e. The average molecular weight is 268 g/mol. The van der Waals surface area contributed by atoms with Crippen molar-refractivity contribution in [1.82, 2.24) is 0 Å². The first-order valence-electron chi connectivity index (χ1n) is 2.04. The summed E-state index contributed by atoms with van der Waals surface area (Å²) in [6.07, 6.45) is 0. The highest BCUT2D eigenvalue weighted by atomic mass is 79.9. The molecule has 1 unspecified atom stereocenters. The van der Waals surface area contributed by atoms with E-state index in [2.05, 4.69) is 24.1 Å². The summed E-state index contributed by atoms with van der Waals surface area (Å²) in [7, 11) is 0. The second kappa shape index (κ2) is 11.1. The Bertz CT molecular complexity index is 34.5. The highest BCUT2D eigenvalue weighted by Crippen LogP contribution is 1.71. The van der Waals surface area contributed by atoms with Crippen molar-refractivity contribution in [2.45, 2.75) is 6.04 Å². The first-order chi connectivity index (χ1) is 2.81.